The van der Waals surface area contributed by atoms with E-state index in [4.69, 9.17) is 0 Å². The van der Waals surface area contributed by atoms with Crippen molar-refractivity contribution in [2.24, 2.45) is 0 Å². The van der Waals surface area contributed by atoms with Gasteiger partial charge in [-0.2, -0.15) is 0 Å². The molecule has 1 aromatic rings. The van der Waals surface area contributed by atoms with Gasteiger partial charge < -0.3 is 0 Å². The predicted molar refractivity (Wildman–Crippen MR) is 147 cm³/mol. The van der Waals surface area contributed by atoms with Crippen LogP contribution in [0.25, 0.3) is 0 Å². The van der Waals surface area contributed by atoms with Crippen molar-refractivity contribution in [3.63, 3.8) is 0 Å². The molecule has 0 aliphatic carbocycles. The van der Waals surface area contributed by atoms with Gasteiger partial charge in [0.15, 0.2) is 0 Å². The van der Waals surface area contributed by atoms with Crippen LogP contribution in [0, 0.1) is 0 Å². The van der Waals surface area contributed by atoms with Crippen molar-refractivity contribution < 1.29 is 4.57 Å². The van der Waals surface area contributed by atoms with Gasteiger partial charge >= 0.3 is 0 Å². The summed E-state index contributed by atoms with van der Waals surface area (Å²) in [5, 5.41) is 0. The Kier molecular flexibility index (Phi) is 19.9. The minimum absolute atomic E-state index is 0.621. The molecule has 1 aromatic heterocycles. The zero-order valence-electron chi connectivity index (χ0n) is 23.3. The smallest absolute Gasteiger partial charge is 0.247 e. The van der Waals surface area contributed by atoms with Crippen LogP contribution < -0.4 is 4.57 Å². The largest absolute Gasteiger partial charge is 0.257 e. The first-order valence-corrected chi connectivity index (χ1v) is 15.3. The number of unbranched alkanes of at least 4 members (excludes halogenated alkanes) is 18. The van der Waals surface area contributed by atoms with Gasteiger partial charge in [-0.05, 0) is 26.2 Å². The summed E-state index contributed by atoms with van der Waals surface area (Å²) < 4.78 is 2.54. The van der Waals surface area contributed by atoms with Crippen LogP contribution in [0.5, 0.6) is 0 Å². The summed E-state index contributed by atoms with van der Waals surface area (Å²) in [4.78, 5) is 3.57. The Balaban J connectivity index is 2.09. The molecule has 1 N–H and O–H groups in total. The standard InChI is InChI=1S/C31H60N2/c1-5-7-9-11-13-15-16-18-20-22-24-26-30(4)33-28-27-32-31(33)29(3)25-23-21-19-17-14-12-10-8-6-2/h27-30H,5-26H2,1-4H3/p+1. The van der Waals surface area contributed by atoms with E-state index in [0.717, 1.165) is 0 Å². The second kappa shape index (κ2) is 21.7. The molecule has 1 rings (SSSR count). The van der Waals surface area contributed by atoms with E-state index in [9.17, 15) is 0 Å². The number of rotatable bonds is 24. The Morgan fingerprint density at radius 3 is 1.42 bits per heavy atom. The average Bonchev–Trinajstić information content (AvgIpc) is 3.31. The fourth-order valence-corrected chi connectivity index (χ4v) is 5.28. The fraction of sp³-hybridized carbons (Fsp3) is 0.903. The molecule has 2 heteroatoms. The average molecular weight is 462 g/mol. The Morgan fingerprint density at radius 1 is 0.576 bits per heavy atom. The molecule has 0 fully saturated rings. The van der Waals surface area contributed by atoms with Crippen LogP contribution in [-0.2, 0) is 0 Å². The van der Waals surface area contributed by atoms with E-state index in [1.165, 1.54) is 147 Å². The summed E-state index contributed by atoms with van der Waals surface area (Å²) in [5.41, 5.74) is 0. The zero-order chi connectivity index (χ0) is 24.0. The third kappa shape index (κ3) is 15.7. The quantitative estimate of drug-likeness (QED) is 0.117. The van der Waals surface area contributed by atoms with Crippen LogP contribution in [0.1, 0.15) is 187 Å². The number of aromatic amines is 1. The Morgan fingerprint density at radius 2 is 0.970 bits per heavy atom. The van der Waals surface area contributed by atoms with Crippen molar-refractivity contribution >= 4 is 0 Å². The van der Waals surface area contributed by atoms with Gasteiger partial charge in [-0.3, -0.25) is 0 Å². The lowest BCUT2D eigenvalue weighted by Gasteiger charge is -2.14. The molecule has 0 amide bonds. The second-order valence-corrected chi connectivity index (χ2v) is 10.9. The zero-order valence-corrected chi connectivity index (χ0v) is 23.3. The molecule has 33 heavy (non-hydrogen) atoms. The number of imidazole rings is 1. The van der Waals surface area contributed by atoms with E-state index in [-0.39, 0.29) is 0 Å². The van der Waals surface area contributed by atoms with Gasteiger partial charge in [0.1, 0.15) is 12.4 Å². The summed E-state index contributed by atoms with van der Waals surface area (Å²) in [6.45, 7) is 9.44. The topological polar surface area (TPSA) is 19.7 Å². The number of hydrogen-bond acceptors (Lipinski definition) is 0. The Hall–Kier alpha value is -0.790. The highest BCUT2D eigenvalue weighted by Gasteiger charge is 2.22. The Labute approximate surface area is 208 Å². The van der Waals surface area contributed by atoms with E-state index in [1.807, 2.05) is 0 Å². The number of nitrogens with zero attached hydrogens (tertiary/aromatic N) is 1. The second-order valence-electron chi connectivity index (χ2n) is 10.9. The summed E-state index contributed by atoms with van der Waals surface area (Å²) >= 11 is 0. The molecule has 0 aliphatic heterocycles. The van der Waals surface area contributed by atoms with Crippen molar-refractivity contribution in [2.75, 3.05) is 0 Å². The molecule has 2 atom stereocenters. The predicted octanol–water partition coefficient (Wildman–Crippen LogP) is 10.6. The van der Waals surface area contributed by atoms with Crippen molar-refractivity contribution in [2.45, 2.75) is 181 Å². The third-order valence-corrected chi connectivity index (χ3v) is 7.65. The van der Waals surface area contributed by atoms with Crippen LogP contribution >= 0.6 is 0 Å². The molecule has 1 heterocycles. The lowest BCUT2D eigenvalue weighted by Crippen LogP contribution is -2.40. The molecular weight excluding hydrogens is 400 g/mol. The van der Waals surface area contributed by atoms with Crippen LogP contribution in [-0.4, -0.2) is 4.98 Å². The highest BCUT2D eigenvalue weighted by molar-refractivity contribution is 4.87. The van der Waals surface area contributed by atoms with Crippen LogP contribution in [0.3, 0.4) is 0 Å². The SMILES string of the molecule is CCCCCCCCCCCCCC(C)[n+]1cc[nH]c1C(C)CCCCCCCCCCC. The first-order valence-electron chi connectivity index (χ1n) is 15.3. The van der Waals surface area contributed by atoms with Gasteiger partial charge in [0, 0.05) is 0 Å². The molecule has 0 spiro atoms. The first-order chi connectivity index (χ1) is 16.2. The van der Waals surface area contributed by atoms with E-state index < -0.39 is 0 Å². The Bertz CT molecular complexity index is 521. The minimum Gasteiger partial charge on any atom is -0.247 e. The van der Waals surface area contributed by atoms with Gasteiger partial charge in [0.2, 0.25) is 0 Å². The van der Waals surface area contributed by atoms with Crippen LogP contribution in [0.4, 0.5) is 0 Å². The summed E-state index contributed by atoms with van der Waals surface area (Å²) in [6, 6.07) is 0.621. The molecule has 0 aromatic carbocycles. The lowest BCUT2D eigenvalue weighted by molar-refractivity contribution is -0.727. The molecule has 0 radical (unpaired) electrons. The highest BCUT2D eigenvalue weighted by Crippen LogP contribution is 2.21. The molecule has 0 saturated carbocycles. The van der Waals surface area contributed by atoms with E-state index >= 15 is 0 Å². The summed E-state index contributed by atoms with van der Waals surface area (Å²) in [6.07, 6.45) is 35.6. The van der Waals surface area contributed by atoms with Crippen LogP contribution in [0.15, 0.2) is 12.4 Å². The van der Waals surface area contributed by atoms with Gasteiger partial charge in [0.05, 0.1) is 12.0 Å². The highest BCUT2D eigenvalue weighted by atomic mass is 15.1. The summed E-state index contributed by atoms with van der Waals surface area (Å²) in [7, 11) is 0. The van der Waals surface area contributed by atoms with Gasteiger partial charge in [-0.15, -0.1) is 0 Å². The normalized spacial score (nSPS) is 13.5. The van der Waals surface area contributed by atoms with E-state index in [1.54, 1.807) is 0 Å². The lowest BCUT2D eigenvalue weighted by atomic mass is 10.00. The van der Waals surface area contributed by atoms with Crippen molar-refractivity contribution in [1.29, 1.82) is 0 Å². The van der Waals surface area contributed by atoms with E-state index in [2.05, 4.69) is 49.6 Å². The maximum Gasteiger partial charge on any atom is 0.257 e. The fourth-order valence-electron chi connectivity index (χ4n) is 5.28. The van der Waals surface area contributed by atoms with Crippen molar-refractivity contribution in [3.05, 3.63) is 18.2 Å². The molecule has 0 aliphatic rings. The molecule has 0 saturated heterocycles. The molecule has 194 valence electrons. The molecule has 2 nitrogen and oxygen atoms in total. The minimum atomic E-state index is 0.621. The monoisotopic (exact) mass is 461 g/mol. The van der Waals surface area contributed by atoms with Crippen LogP contribution in [0.2, 0.25) is 0 Å². The maximum atomic E-state index is 3.57. The first kappa shape index (κ1) is 30.2. The number of nitrogens with one attached hydrogen (secondary N) is 1. The van der Waals surface area contributed by atoms with Gasteiger partial charge in [0.25, 0.3) is 5.82 Å². The maximum absolute atomic E-state index is 3.57. The van der Waals surface area contributed by atoms with E-state index in [0.29, 0.717) is 12.0 Å². The number of aromatic nitrogens is 2. The molecular formula is C31H61N2+. The number of H-pyrrole nitrogens is 1. The number of hydrogen-bond donors (Lipinski definition) is 1. The molecule has 0 bridgehead atoms. The molecule has 2 unspecified atom stereocenters. The van der Waals surface area contributed by atoms with Gasteiger partial charge in [-0.1, -0.05) is 143 Å². The van der Waals surface area contributed by atoms with Gasteiger partial charge in [-0.25, -0.2) is 9.55 Å². The third-order valence-electron chi connectivity index (χ3n) is 7.65. The van der Waals surface area contributed by atoms with Crippen molar-refractivity contribution in [3.8, 4) is 0 Å². The summed E-state index contributed by atoms with van der Waals surface area (Å²) in [5.74, 6) is 2.09. The van der Waals surface area contributed by atoms with Crippen molar-refractivity contribution in [1.82, 2.24) is 4.98 Å².